The van der Waals surface area contributed by atoms with Gasteiger partial charge in [0.2, 0.25) is 5.91 Å². The molecule has 46 heavy (non-hydrogen) atoms. The van der Waals surface area contributed by atoms with Gasteiger partial charge in [-0.15, -0.1) is 0 Å². The van der Waals surface area contributed by atoms with Gasteiger partial charge >= 0.3 is 5.69 Å². The fourth-order valence-corrected chi connectivity index (χ4v) is 6.44. The number of benzene rings is 1. The number of carbonyl (C=O) groups excluding carboxylic acids is 1. The molecule has 3 aromatic heterocycles. The van der Waals surface area contributed by atoms with Crippen molar-refractivity contribution in [1.82, 2.24) is 29.3 Å². The molecule has 0 unspecified atom stereocenters. The van der Waals surface area contributed by atoms with E-state index in [2.05, 4.69) is 15.0 Å². The van der Waals surface area contributed by atoms with E-state index in [1.807, 2.05) is 25.9 Å². The predicted molar refractivity (Wildman–Crippen MR) is 172 cm³/mol. The van der Waals surface area contributed by atoms with Crippen molar-refractivity contribution in [3.63, 3.8) is 0 Å². The van der Waals surface area contributed by atoms with Gasteiger partial charge in [-0.1, -0.05) is 12.1 Å². The SMILES string of the molecule is Cc1nccc(S(C)(=O)=O)c1-n1c(=O)nc(N2CCN(C(=O)/C=C/CN(C)C)C[C@@H]2C)c2cc(F)c(-c3c(N)cccc3F)nc21. The summed E-state index contributed by atoms with van der Waals surface area (Å²) in [6.45, 7) is 4.79. The quantitative estimate of drug-likeness (QED) is 0.233. The predicted octanol–water partition coefficient (Wildman–Crippen LogP) is 2.57. The molecule has 0 spiro atoms. The minimum Gasteiger partial charge on any atom is -0.398 e. The molecule has 242 valence electrons. The van der Waals surface area contributed by atoms with Crippen LogP contribution in [0.4, 0.5) is 20.3 Å². The van der Waals surface area contributed by atoms with Crippen LogP contribution < -0.4 is 16.3 Å². The van der Waals surface area contributed by atoms with Crippen LogP contribution >= 0.6 is 0 Å². The van der Waals surface area contributed by atoms with Crippen molar-refractivity contribution >= 4 is 38.3 Å². The van der Waals surface area contributed by atoms with Crippen LogP contribution in [-0.2, 0) is 14.6 Å². The molecule has 1 saturated heterocycles. The highest BCUT2D eigenvalue weighted by Gasteiger charge is 2.31. The third kappa shape index (κ3) is 6.20. The Morgan fingerprint density at radius 3 is 2.54 bits per heavy atom. The molecule has 12 nitrogen and oxygen atoms in total. The number of carbonyl (C=O) groups is 1. The van der Waals surface area contributed by atoms with Crippen LogP contribution in [-0.4, -0.2) is 96.2 Å². The highest BCUT2D eigenvalue weighted by molar-refractivity contribution is 7.90. The van der Waals surface area contributed by atoms with Gasteiger partial charge in [0.25, 0.3) is 0 Å². The second-order valence-electron chi connectivity index (χ2n) is 11.5. The van der Waals surface area contributed by atoms with Crippen LogP contribution in [0.2, 0.25) is 0 Å². The summed E-state index contributed by atoms with van der Waals surface area (Å²) in [5, 5.41) is 0.0657. The molecule has 5 rings (SSSR count). The third-order valence-corrected chi connectivity index (χ3v) is 8.85. The number of fused-ring (bicyclic) bond motifs is 1. The topological polar surface area (TPSA) is 148 Å². The number of nitrogen functional groups attached to an aromatic ring is 1. The van der Waals surface area contributed by atoms with E-state index in [1.165, 1.54) is 37.4 Å². The van der Waals surface area contributed by atoms with E-state index < -0.39 is 32.9 Å². The van der Waals surface area contributed by atoms with E-state index in [9.17, 15) is 18.0 Å². The van der Waals surface area contributed by atoms with Gasteiger partial charge in [-0.3, -0.25) is 9.78 Å². The molecule has 4 heterocycles. The van der Waals surface area contributed by atoms with E-state index >= 15 is 8.78 Å². The third-order valence-electron chi connectivity index (χ3n) is 7.72. The zero-order chi connectivity index (χ0) is 33.5. The minimum atomic E-state index is -3.90. The van der Waals surface area contributed by atoms with E-state index in [1.54, 1.807) is 15.9 Å². The van der Waals surface area contributed by atoms with Gasteiger partial charge in [0.1, 0.15) is 17.3 Å². The zero-order valence-corrected chi connectivity index (χ0v) is 26.8. The lowest BCUT2D eigenvalue weighted by atomic mass is 10.1. The summed E-state index contributed by atoms with van der Waals surface area (Å²) >= 11 is 0. The van der Waals surface area contributed by atoms with Crippen molar-refractivity contribution in [3.8, 4) is 16.9 Å². The van der Waals surface area contributed by atoms with Gasteiger partial charge in [0.15, 0.2) is 21.3 Å². The zero-order valence-electron chi connectivity index (χ0n) is 26.0. The number of hydrogen-bond acceptors (Lipinski definition) is 10. The van der Waals surface area contributed by atoms with Gasteiger partial charge in [-0.25, -0.2) is 31.5 Å². The van der Waals surface area contributed by atoms with Gasteiger partial charge in [-0.05, 0) is 52.2 Å². The molecule has 0 saturated carbocycles. The number of piperazine rings is 1. The molecule has 0 radical (unpaired) electrons. The summed E-state index contributed by atoms with van der Waals surface area (Å²) in [7, 11) is -0.118. The molecule has 0 bridgehead atoms. The molecule has 1 amide bonds. The number of pyridine rings is 2. The number of nitrogens with two attached hydrogens (primary N) is 1. The number of anilines is 2. The summed E-state index contributed by atoms with van der Waals surface area (Å²) in [4.78, 5) is 44.9. The first-order chi connectivity index (χ1) is 21.7. The number of aryl methyl sites for hydroxylation is 1. The van der Waals surface area contributed by atoms with Crippen molar-refractivity contribution in [2.24, 2.45) is 0 Å². The number of rotatable bonds is 7. The van der Waals surface area contributed by atoms with E-state index in [0.717, 1.165) is 23.0 Å². The molecule has 1 aliphatic rings. The maximum absolute atomic E-state index is 15.9. The first kappa shape index (κ1) is 32.6. The monoisotopic (exact) mass is 652 g/mol. The Labute approximate surface area is 264 Å². The van der Waals surface area contributed by atoms with Gasteiger partial charge in [-0.2, -0.15) is 4.98 Å². The Balaban J connectivity index is 1.73. The molecular formula is C31H34F2N8O4S. The number of nitrogens with zero attached hydrogens (tertiary/aromatic N) is 7. The first-order valence-electron chi connectivity index (χ1n) is 14.4. The molecular weight excluding hydrogens is 618 g/mol. The van der Waals surface area contributed by atoms with Crippen molar-refractivity contribution in [3.05, 3.63) is 76.5 Å². The molecule has 1 fully saturated rings. The fourth-order valence-electron chi connectivity index (χ4n) is 5.54. The molecule has 1 aromatic carbocycles. The van der Waals surface area contributed by atoms with E-state index in [0.29, 0.717) is 13.1 Å². The smallest absolute Gasteiger partial charge is 0.355 e. The molecule has 2 N–H and O–H groups in total. The lowest BCUT2D eigenvalue weighted by Gasteiger charge is -2.40. The normalized spacial score (nSPS) is 15.8. The Hall–Kier alpha value is -4.76. The minimum absolute atomic E-state index is 0.0657. The second-order valence-corrected chi connectivity index (χ2v) is 13.4. The summed E-state index contributed by atoms with van der Waals surface area (Å²) in [6.07, 6.45) is 5.56. The number of aromatic nitrogens is 4. The van der Waals surface area contributed by atoms with Gasteiger partial charge in [0, 0.05) is 56.4 Å². The molecule has 1 aliphatic heterocycles. The molecule has 15 heteroatoms. The van der Waals surface area contributed by atoms with Crippen LogP contribution in [0.5, 0.6) is 0 Å². The second kappa shape index (κ2) is 12.6. The number of hydrogen-bond donors (Lipinski definition) is 1. The average molecular weight is 653 g/mol. The number of amides is 1. The van der Waals surface area contributed by atoms with Gasteiger partial charge in [0.05, 0.1) is 27.2 Å². The summed E-state index contributed by atoms with van der Waals surface area (Å²) in [6, 6.07) is 5.83. The van der Waals surface area contributed by atoms with Crippen molar-refractivity contribution in [2.75, 3.05) is 57.2 Å². The van der Waals surface area contributed by atoms with E-state index in [-0.39, 0.29) is 69.4 Å². The van der Waals surface area contributed by atoms with Crippen molar-refractivity contribution in [1.29, 1.82) is 0 Å². The highest BCUT2D eigenvalue weighted by Crippen LogP contribution is 2.35. The van der Waals surface area contributed by atoms with E-state index in [4.69, 9.17) is 5.73 Å². The first-order valence-corrected chi connectivity index (χ1v) is 16.3. The van der Waals surface area contributed by atoms with Gasteiger partial charge < -0.3 is 20.4 Å². The maximum Gasteiger partial charge on any atom is 0.355 e. The molecule has 0 aliphatic carbocycles. The number of halogens is 2. The Kier molecular flexibility index (Phi) is 8.91. The molecule has 1 atom stereocenters. The van der Waals surface area contributed by atoms with Crippen molar-refractivity contribution < 1.29 is 22.0 Å². The fraction of sp³-hybridized carbons (Fsp3) is 0.323. The van der Waals surface area contributed by atoms with Crippen molar-refractivity contribution in [2.45, 2.75) is 24.8 Å². The van der Waals surface area contributed by atoms with Crippen LogP contribution in [0.15, 0.2) is 58.4 Å². The Morgan fingerprint density at radius 1 is 1.15 bits per heavy atom. The summed E-state index contributed by atoms with van der Waals surface area (Å²) < 4.78 is 57.6. The number of sulfone groups is 1. The Morgan fingerprint density at radius 2 is 1.89 bits per heavy atom. The van der Waals surface area contributed by atoms with Crippen LogP contribution in [0.3, 0.4) is 0 Å². The summed E-state index contributed by atoms with van der Waals surface area (Å²) in [5.74, 6) is -1.85. The van der Waals surface area contributed by atoms with Crippen LogP contribution in [0, 0.1) is 18.6 Å². The maximum atomic E-state index is 15.9. The average Bonchev–Trinajstić information content (AvgIpc) is 2.97. The molecule has 4 aromatic rings. The Bertz CT molecular complexity index is 2030. The van der Waals surface area contributed by atoms with Crippen LogP contribution in [0.25, 0.3) is 28.0 Å². The lowest BCUT2D eigenvalue weighted by Crippen LogP contribution is -2.54. The standard InChI is InChI=1S/C31H34F2N8O4S/c1-18-17-39(25(42)10-7-13-38(3)4)14-15-40(18)29-20-16-22(33)27(26-21(32)8-6-9-23(26)34)36-30(20)41(31(43)37-29)28-19(2)35-12-11-24(28)46(5,44)45/h6-12,16,18H,13-15,17,34H2,1-5H3/b10-7+/t18-/m0/s1. The largest absolute Gasteiger partial charge is 0.398 e. The lowest BCUT2D eigenvalue weighted by molar-refractivity contribution is -0.126. The van der Waals surface area contributed by atoms with Crippen LogP contribution in [0.1, 0.15) is 12.6 Å². The summed E-state index contributed by atoms with van der Waals surface area (Å²) in [5.41, 5.74) is 4.14. The number of likely N-dealkylation sites (N-methyl/N-ethyl adjacent to an activating group) is 1. The highest BCUT2D eigenvalue weighted by atomic mass is 32.2.